The van der Waals surface area contributed by atoms with Crippen LogP contribution in [0.1, 0.15) is 78.6 Å². The van der Waals surface area contributed by atoms with Crippen LogP contribution in [0, 0.1) is 11.3 Å². The van der Waals surface area contributed by atoms with Crippen molar-refractivity contribution in [2.75, 3.05) is 25.1 Å². The number of carbonyl (C=O) groups excluding carboxylic acids is 3. The number of para-hydroxylation sites is 1. The largest absolute Gasteiger partial charge is 0.443 e. The van der Waals surface area contributed by atoms with Crippen LogP contribution >= 0.6 is 0 Å². The fourth-order valence-corrected chi connectivity index (χ4v) is 5.78. The van der Waals surface area contributed by atoms with Crippen molar-refractivity contribution in [2.24, 2.45) is 17.1 Å². The number of aliphatic hydroxyl groups is 1. The molecule has 1 fully saturated rings. The van der Waals surface area contributed by atoms with E-state index in [0.29, 0.717) is 30.7 Å². The maximum atomic E-state index is 13.8. The molecule has 0 spiro atoms. The standard InChI is InChI=1S/C37H52N6O8/c1-36(2,3)21-25-11-9-14-28-31(25)41-30(43(28)35(48)51-37(4,5)6)22-42-18-10-13-27(33(42)46)39-32(45)26(12-7-8-15-29(38)44)40-34(47)50-23-24-16-19-49-20-17-24/h8-11,13-15,18,24,26,34,40,47H,7,12,16-17,19-23H2,1-6H3,(H2,38,44)(H,39,45)/b15-8+/t26-,34?/m0/s1. The number of carbonyl (C=O) groups is 3. The predicted molar refractivity (Wildman–Crippen MR) is 193 cm³/mol. The van der Waals surface area contributed by atoms with Crippen LogP contribution in [0.4, 0.5) is 10.5 Å². The van der Waals surface area contributed by atoms with Crippen LogP contribution in [-0.4, -0.2) is 75.0 Å². The number of fused-ring (bicyclic) bond motifs is 1. The smallest absolute Gasteiger partial charge is 0.420 e. The number of allylic oxidation sites excluding steroid dienone is 1. The fraction of sp³-hybridized carbons (Fsp3) is 0.541. The molecule has 1 saturated heterocycles. The third-order valence-corrected chi connectivity index (χ3v) is 8.12. The lowest BCUT2D eigenvalue weighted by atomic mass is 9.88. The Bertz CT molecular complexity index is 1760. The van der Waals surface area contributed by atoms with Gasteiger partial charge < -0.3 is 34.9 Å². The number of pyridine rings is 1. The lowest BCUT2D eigenvalue weighted by molar-refractivity contribution is -0.147. The van der Waals surface area contributed by atoms with Crippen LogP contribution in [0.5, 0.6) is 0 Å². The first kappa shape index (κ1) is 39.4. The Morgan fingerprint density at radius 2 is 1.84 bits per heavy atom. The topological polar surface area (TPSA) is 189 Å². The second-order valence-electron chi connectivity index (χ2n) is 15.1. The van der Waals surface area contributed by atoms with Crippen LogP contribution < -0.4 is 21.9 Å². The van der Waals surface area contributed by atoms with Gasteiger partial charge >= 0.3 is 6.09 Å². The summed E-state index contributed by atoms with van der Waals surface area (Å²) in [6, 6.07) is 7.72. The SMILES string of the molecule is CC(C)(C)Cc1cccc2c1nc(Cn1cccc(NC(=O)[C@H](CC/C=C/C(N)=O)NC(O)OCC3CCOCC3)c1=O)n2C(=O)OC(C)(C)C. The molecule has 2 atom stereocenters. The first-order valence-corrected chi connectivity index (χ1v) is 17.3. The molecule has 1 unspecified atom stereocenters. The van der Waals surface area contributed by atoms with Crippen LogP contribution in [0.3, 0.4) is 0 Å². The molecule has 14 heteroatoms. The zero-order chi connectivity index (χ0) is 37.3. The van der Waals surface area contributed by atoms with E-state index in [2.05, 4.69) is 31.4 Å². The van der Waals surface area contributed by atoms with Crippen molar-refractivity contribution in [1.29, 1.82) is 0 Å². The minimum absolute atomic E-state index is 0.0204. The second-order valence-corrected chi connectivity index (χ2v) is 15.1. The minimum Gasteiger partial charge on any atom is -0.443 e. The molecule has 0 radical (unpaired) electrons. The van der Waals surface area contributed by atoms with Gasteiger partial charge in [0.2, 0.25) is 18.2 Å². The summed E-state index contributed by atoms with van der Waals surface area (Å²) in [6.07, 6.45) is 4.94. The lowest BCUT2D eigenvalue weighted by Crippen LogP contribution is -2.48. The highest BCUT2D eigenvalue weighted by atomic mass is 16.6. The molecular formula is C37H52N6O8. The number of primary amides is 1. The average Bonchev–Trinajstić information content (AvgIpc) is 3.41. The number of aliphatic hydroxyl groups excluding tert-OH is 1. The lowest BCUT2D eigenvalue weighted by Gasteiger charge is -2.25. The van der Waals surface area contributed by atoms with Gasteiger partial charge in [-0.25, -0.2) is 14.3 Å². The second kappa shape index (κ2) is 17.2. The molecule has 1 aliphatic rings. The summed E-state index contributed by atoms with van der Waals surface area (Å²) in [5, 5.41) is 16.1. The number of ether oxygens (including phenoxy) is 3. The van der Waals surface area contributed by atoms with E-state index >= 15 is 0 Å². The van der Waals surface area contributed by atoms with Crippen LogP contribution in [-0.2, 0) is 36.8 Å². The number of hydrogen-bond donors (Lipinski definition) is 4. The monoisotopic (exact) mass is 708 g/mol. The van der Waals surface area contributed by atoms with Gasteiger partial charge in [-0.3, -0.25) is 19.7 Å². The summed E-state index contributed by atoms with van der Waals surface area (Å²) in [4.78, 5) is 56.9. The molecule has 3 heterocycles. The van der Waals surface area contributed by atoms with Gasteiger partial charge in [-0.1, -0.05) is 39.0 Å². The molecule has 278 valence electrons. The molecule has 0 bridgehead atoms. The van der Waals surface area contributed by atoms with Gasteiger partial charge in [-0.15, -0.1) is 0 Å². The fourth-order valence-electron chi connectivity index (χ4n) is 5.78. The van der Waals surface area contributed by atoms with E-state index in [-0.39, 0.29) is 48.8 Å². The molecule has 2 aromatic heterocycles. The van der Waals surface area contributed by atoms with Gasteiger partial charge in [0.15, 0.2) is 0 Å². The molecule has 2 amide bonds. The molecule has 4 rings (SSSR count). The molecule has 3 aromatic rings. The van der Waals surface area contributed by atoms with Crippen molar-refractivity contribution in [3.05, 3.63) is 70.4 Å². The first-order valence-electron chi connectivity index (χ1n) is 17.3. The third-order valence-electron chi connectivity index (χ3n) is 8.12. The Morgan fingerprint density at radius 1 is 1.12 bits per heavy atom. The molecular weight excluding hydrogens is 656 g/mol. The number of nitrogens with zero attached hydrogens (tertiary/aromatic N) is 3. The number of rotatable bonds is 14. The summed E-state index contributed by atoms with van der Waals surface area (Å²) < 4.78 is 19.5. The molecule has 51 heavy (non-hydrogen) atoms. The van der Waals surface area contributed by atoms with Gasteiger partial charge in [0.05, 0.1) is 30.2 Å². The summed E-state index contributed by atoms with van der Waals surface area (Å²) in [5.74, 6) is -0.716. The molecule has 14 nitrogen and oxygen atoms in total. The normalized spacial score (nSPS) is 15.6. The van der Waals surface area contributed by atoms with Crippen LogP contribution in [0.15, 0.2) is 53.5 Å². The van der Waals surface area contributed by atoms with E-state index in [1.807, 2.05) is 12.1 Å². The summed E-state index contributed by atoms with van der Waals surface area (Å²) in [5.41, 5.74) is 5.98. The van der Waals surface area contributed by atoms with Crippen LogP contribution in [0.2, 0.25) is 0 Å². The number of nitrogens with one attached hydrogen (secondary N) is 2. The first-order chi connectivity index (χ1) is 24.0. The van der Waals surface area contributed by atoms with E-state index in [4.69, 9.17) is 24.9 Å². The number of amides is 2. The average molecular weight is 709 g/mol. The Hall–Kier alpha value is -4.37. The Kier molecular flexibility index (Phi) is 13.3. The maximum absolute atomic E-state index is 13.8. The highest BCUT2D eigenvalue weighted by Gasteiger charge is 2.27. The van der Waals surface area contributed by atoms with Crippen molar-refractivity contribution in [3.63, 3.8) is 0 Å². The number of imidazole rings is 1. The molecule has 1 aromatic carbocycles. The van der Waals surface area contributed by atoms with E-state index in [9.17, 15) is 24.3 Å². The summed E-state index contributed by atoms with van der Waals surface area (Å²) in [6.45, 7) is 13.1. The zero-order valence-corrected chi connectivity index (χ0v) is 30.4. The van der Waals surface area contributed by atoms with E-state index in [0.717, 1.165) is 18.4 Å². The Labute approximate surface area is 298 Å². The number of nitrogens with two attached hydrogens (primary N) is 1. The van der Waals surface area contributed by atoms with E-state index in [1.165, 1.54) is 27.4 Å². The maximum Gasteiger partial charge on any atom is 0.420 e. The van der Waals surface area contributed by atoms with Gasteiger partial charge in [-0.05, 0) is 94.0 Å². The number of hydrogen-bond acceptors (Lipinski definition) is 10. The highest BCUT2D eigenvalue weighted by molar-refractivity contribution is 5.94. The molecule has 1 aliphatic heterocycles. The van der Waals surface area contributed by atoms with Gasteiger partial charge in [0.25, 0.3) is 5.56 Å². The molecule has 0 saturated carbocycles. The quantitative estimate of drug-likeness (QED) is 0.140. The van der Waals surface area contributed by atoms with Gasteiger partial charge in [0, 0.05) is 19.4 Å². The molecule has 5 N–H and O–H groups in total. The van der Waals surface area contributed by atoms with Gasteiger partial charge in [-0.2, -0.15) is 0 Å². The summed E-state index contributed by atoms with van der Waals surface area (Å²) >= 11 is 0. The summed E-state index contributed by atoms with van der Waals surface area (Å²) in [7, 11) is 0. The van der Waals surface area contributed by atoms with Crippen molar-refractivity contribution in [1.82, 2.24) is 19.4 Å². The van der Waals surface area contributed by atoms with Crippen molar-refractivity contribution in [2.45, 2.75) is 98.2 Å². The van der Waals surface area contributed by atoms with Gasteiger partial charge in [0.1, 0.15) is 17.1 Å². The number of anilines is 1. The predicted octanol–water partition coefficient (Wildman–Crippen LogP) is 4.06. The molecule has 0 aliphatic carbocycles. The van der Waals surface area contributed by atoms with Crippen LogP contribution in [0.25, 0.3) is 11.0 Å². The van der Waals surface area contributed by atoms with E-state index < -0.39 is 41.5 Å². The van der Waals surface area contributed by atoms with Crippen molar-refractivity contribution < 1.29 is 33.7 Å². The Balaban J connectivity index is 1.59. The third kappa shape index (κ3) is 11.8. The minimum atomic E-state index is -1.46. The zero-order valence-electron chi connectivity index (χ0n) is 30.4. The number of benzene rings is 1. The Morgan fingerprint density at radius 3 is 2.51 bits per heavy atom. The van der Waals surface area contributed by atoms with E-state index in [1.54, 1.807) is 39.1 Å². The number of aromatic nitrogens is 3. The highest BCUT2D eigenvalue weighted by Crippen LogP contribution is 2.28. The van der Waals surface area contributed by atoms with Crippen molar-refractivity contribution >= 4 is 34.6 Å². The van der Waals surface area contributed by atoms with Crippen molar-refractivity contribution in [3.8, 4) is 0 Å².